The third-order valence-electron chi connectivity index (χ3n) is 3.50. The molecule has 4 nitrogen and oxygen atoms in total. The molecule has 4 heteroatoms. The molecule has 3 rings (SSSR count). The van der Waals surface area contributed by atoms with E-state index in [1.165, 1.54) is 5.56 Å². The average molecular weight is 236 g/mol. The Morgan fingerprint density at radius 1 is 1.12 bits per heavy atom. The van der Waals surface area contributed by atoms with Gasteiger partial charge in [0.1, 0.15) is 13.2 Å². The maximum atomic E-state index is 9.16. The summed E-state index contributed by atoms with van der Waals surface area (Å²) in [5.41, 5.74) is 1.13. The number of hydrogen-bond acceptors (Lipinski definition) is 4. The second-order valence-corrected chi connectivity index (χ2v) is 4.61. The zero-order valence-corrected chi connectivity index (χ0v) is 9.65. The Morgan fingerprint density at radius 3 is 2.53 bits per heavy atom. The molecule has 92 valence electrons. The Labute approximate surface area is 100 Å². The summed E-state index contributed by atoms with van der Waals surface area (Å²) in [6, 6.07) is 6.01. The summed E-state index contributed by atoms with van der Waals surface area (Å²) in [6.45, 7) is 2.73. The molecule has 0 amide bonds. The lowest BCUT2D eigenvalue weighted by molar-refractivity contribution is -0.0702. The van der Waals surface area contributed by atoms with Crippen molar-refractivity contribution in [2.75, 3.05) is 33.0 Å². The predicted molar refractivity (Wildman–Crippen MR) is 61.6 cm³/mol. The van der Waals surface area contributed by atoms with Crippen molar-refractivity contribution in [3.63, 3.8) is 0 Å². The van der Waals surface area contributed by atoms with Gasteiger partial charge in [-0.15, -0.1) is 0 Å². The molecule has 0 atom stereocenters. The molecule has 1 aromatic rings. The zero-order chi connectivity index (χ0) is 11.7. The molecule has 1 fully saturated rings. The first-order chi connectivity index (χ1) is 8.34. The standard InChI is InChI=1S/C13H16O4/c14-4-3-13(8-15-9-13)10-1-2-11-12(7-10)17-6-5-16-11/h1-2,7,14H,3-6,8-9H2. The van der Waals surface area contributed by atoms with Crippen LogP contribution in [0.3, 0.4) is 0 Å². The van der Waals surface area contributed by atoms with Gasteiger partial charge < -0.3 is 19.3 Å². The van der Waals surface area contributed by atoms with E-state index in [1.54, 1.807) is 0 Å². The molecule has 0 unspecified atom stereocenters. The molecule has 0 spiro atoms. The Morgan fingerprint density at radius 2 is 1.88 bits per heavy atom. The van der Waals surface area contributed by atoms with Crippen LogP contribution in [0.1, 0.15) is 12.0 Å². The Balaban J connectivity index is 1.92. The molecule has 0 aliphatic carbocycles. The van der Waals surface area contributed by atoms with Crippen LogP contribution in [0, 0.1) is 0 Å². The van der Waals surface area contributed by atoms with E-state index in [4.69, 9.17) is 19.3 Å². The van der Waals surface area contributed by atoms with Gasteiger partial charge in [-0.2, -0.15) is 0 Å². The van der Waals surface area contributed by atoms with Crippen LogP contribution in [0.15, 0.2) is 18.2 Å². The summed E-state index contributed by atoms with van der Waals surface area (Å²) in [7, 11) is 0. The highest BCUT2D eigenvalue weighted by Crippen LogP contribution is 2.40. The highest BCUT2D eigenvalue weighted by Gasteiger charge is 2.40. The topological polar surface area (TPSA) is 47.9 Å². The van der Waals surface area contributed by atoms with Gasteiger partial charge in [0.2, 0.25) is 0 Å². The minimum atomic E-state index is -0.0371. The molecule has 2 aliphatic heterocycles. The molecule has 0 aromatic heterocycles. The zero-order valence-electron chi connectivity index (χ0n) is 9.65. The predicted octanol–water partition coefficient (Wildman–Crippen LogP) is 1.11. The van der Waals surface area contributed by atoms with E-state index in [9.17, 15) is 0 Å². The monoisotopic (exact) mass is 236 g/mol. The van der Waals surface area contributed by atoms with Crippen LogP contribution in [0.25, 0.3) is 0 Å². The van der Waals surface area contributed by atoms with Gasteiger partial charge in [0, 0.05) is 12.0 Å². The quantitative estimate of drug-likeness (QED) is 0.854. The molecule has 0 saturated carbocycles. The number of ether oxygens (including phenoxy) is 3. The van der Waals surface area contributed by atoms with Crippen molar-refractivity contribution in [3.8, 4) is 11.5 Å². The van der Waals surface area contributed by atoms with Gasteiger partial charge in [0.15, 0.2) is 11.5 Å². The van der Waals surface area contributed by atoms with E-state index in [0.29, 0.717) is 26.4 Å². The van der Waals surface area contributed by atoms with Crippen molar-refractivity contribution in [1.82, 2.24) is 0 Å². The fraction of sp³-hybridized carbons (Fsp3) is 0.538. The minimum absolute atomic E-state index is 0.0371. The van der Waals surface area contributed by atoms with Crippen molar-refractivity contribution >= 4 is 0 Å². The summed E-state index contributed by atoms with van der Waals surface area (Å²) in [5, 5.41) is 9.16. The van der Waals surface area contributed by atoms with E-state index < -0.39 is 0 Å². The van der Waals surface area contributed by atoms with Crippen molar-refractivity contribution < 1.29 is 19.3 Å². The first-order valence-electron chi connectivity index (χ1n) is 5.93. The lowest BCUT2D eigenvalue weighted by atomic mass is 9.76. The molecule has 2 aliphatic rings. The molecule has 0 bridgehead atoms. The summed E-state index contributed by atoms with van der Waals surface area (Å²) in [5.74, 6) is 1.61. The Bertz CT molecular complexity index is 412. The van der Waals surface area contributed by atoms with Crippen LogP contribution in [-0.2, 0) is 10.2 Å². The molecular weight excluding hydrogens is 220 g/mol. The number of hydrogen-bond donors (Lipinski definition) is 1. The summed E-state index contributed by atoms with van der Waals surface area (Å²) >= 11 is 0. The number of aliphatic hydroxyl groups is 1. The van der Waals surface area contributed by atoms with Gasteiger partial charge in [0.05, 0.1) is 13.2 Å². The van der Waals surface area contributed by atoms with Gasteiger partial charge >= 0.3 is 0 Å². The molecule has 1 saturated heterocycles. The molecule has 1 N–H and O–H groups in total. The van der Waals surface area contributed by atoms with E-state index in [-0.39, 0.29) is 12.0 Å². The van der Waals surface area contributed by atoms with Crippen LogP contribution < -0.4 is 9.47 Å². The number of rotatable bonds is 3. The van der Waals surface area contributed by atoms with Gasteiger partial charge in [-0.05, 0) is 24.1 Å². The van der Waals surface area contributed by atoms with Crippen LogP contribution in [0.4, 0.5) is 0 Å². The highest BCUT2D eigenvalue weighted by molar-refractivity contribution is 5.46. The lowest BCUT2D eigenvalue weighted by Crippen LogP contribution is -2.47. The van der Waals surface area contributed by atoms with E-state index in [0.717, 1.165) is 17.9 Å². The summed E-state index contributed by atoms with van der Waals surface area (Å²) < 4.78 is 16.4. The average Bonchev–Trinajstić information content (AvgIpc) is 2.33. The van der Waals surface area contributed by atoms with E-state index in [2.05, 4.69) is 0 Å². The van der Waals surface area contributed by atoms with Crippen molar-refractivity contribution in [2.24, 2.45) is 0 Å². The van der Waals surface area contributed by atoms with Crippen LogP contribution in [0.2, 0.25) is 0 Å². The summed E-state index contributed by atoms with van der Waals surface area (Å²) in [6.07, 6.45) is 0.729. The number of fused-ring (bicyclic) bond motifs is 1. The first-order valence-corrected chi connectivity index (χ1v) is 5.93. The third kappa shape index (κ3) is 1.77. The molecule has 17 heavy (non-hydrogen) atoms. The van der Waals surface area contributed by atoms with Crippen LogP contribution >= 0.6 is 0 Å². The van der Waals surface area contributed by atoms with Crippen LogP contribution in [0.5, 0.6) is 11.5 Å². The molecule has 0 radical (unpaired) electrons. The van der Waals surface area contributed by atoms with Crippen molar-refractivity contribution in [1.29, 1.82) is 0 Å². The number of aliphatic hydroxyl groups excluding tert-OH is 1. The Hall–Kier alpha value is -1.26. The lowest BCUT2D eigenvalue weighted by Gasteiger charge is -2.42. The maximum Gasteiger partial charge on any atom is 0.161 e. The summed E-state index contributed by atoms with van der Waals surface area (Å²) in [4.78, 5) is 0. The minimum Gasteiger partial charge on any atom is -0.486 e. The molecule has 2 heterocycles. The fourth-order valence-corrected chi connectivity index (χ4v) is 2.39. The van der Waals surface area contributed by atoms with Gasteiger partial charge in [-0.25, -0.2) is 0 Å². The second kappa shape index (κ2) is 4.20. The smallest absolute Gasteiger partial charge is 0.161 e. The van der Waals surface area contributed by atoms with Crippen molar-refractivity contribution in [2.45, 2.75) is 11.8 Å². The third-order valence-corrected chi connectivity index (χ3v) is 3.50. The highest BCUT2D eigenvalue weighted by atomic mass is 16.6. The van der Waals surface area contributed by atoms with Crippen LogP contribution in [-0.4, -0.2) is 38.1 Å². The normalized spacial score (nSPS) is 20.8. The number of benzene rings is 1. The second-order valence-electron chi connectivity index (χ2n) is 4.61. The van der Waals surface area contributed by atoms with Gasteiger partial charge in [-0.1, -0.05) is 6.07 Å². The largest absolute Gasteiger partial charge is 0.486 e. The molecule has 1 aromatic carbocycles. The van der Waals surface area contributed by atoms with Crippen molar-refractivity contribution in [3.05, 3.63) is 23.8 Å². The SMILES string of the molecule is OCCC1(c2ccc3c(c2)OCCO3)COC1. The van der Waals surface area contributed by atoms with Gasteiger partial charge in [0.25, 0.3) is 0 Å². The Kier molecular flexibility index (Phi) is 2.68. The first kappa shape index (κ1) is 10.9. The maximum absolute atomic E-state index is 9.16. The van der Waals surface area contributed by atoms with E-state index >= 15 is 0 Å². The van der Waals surface area contributed by atoms with Gasteiger partial charge in [-0.3, -0.25) is 0 Å². The van der Waals surface area contributed by atoms with E-state index in [1.807, 2.05) is 18.2 Å². The molecular formula is C13H16O4. The fourth-order valence-electron chi connectivity index (χ4n) is 2.39.